The highest BCUT2D eigenvalue weighted by Gasteiger charge is 2.32. The Morgan fingerprint density at radius 3 is 2.87 bits per heavy atom. The van der Waals surface area contributed by atoms with Crippen molar-refractivity contribution in [2.45, 2.75) is 37.0 Å². The summed E-state index contributed by atoms with van der Waals surface area (Å²) in [5.74, 6) is 1.96. The molecule has 5 heteroatoms. The molecule has 0 amide bonds. The molecule has 0 aromatic heterocycles. The summed E-state index contributed by atoms with van der Waals surface area (Å²) in [7, 11) is -2.73. The van der Waals surface area contributed by atoms with Crippen LogP contribution in [0.2, 0.25) is 0 Å². The molecule has 0 aromatic carbocycles. The minimum atomic E-state index is -2.73. The summed E-state index contributed by atoms with van der Waals surface area (Å²) in [6.45, 7) is 3.24. The maximum atomic E-state index is 11.3. The summed E-state index contributed by atoms with van der Waals surface area (Å²) in [5, 5.41) is 3.42. The summed E-state index contributed by atoms with van der Waals surface area (Å²) in [6, 6.07) is 0.202. The molecule has 2 saturated heterocycles. The Balaban J connectivity index is 1.79. The number of nitrogens with one attached hydrogen (secondary N) is 1. The molecule has 15 heavy (non-hydrogen) atoms. The van der Waals surface area contributed by atoms with Gasteiger partial charge < -0.3 is 5.32 Å². The second kappa shape index (κ2) is 4.26. The molecule has 2 atom stereocenters. The molecule has 0 radical (unpaired) electrons. The molecule has 2 aliphatic rings. The van der Waals surface area contributed by atoms with Gasteiger partial charge in [0.2, 0.25) is 0 Å². The van der Waals surface area contributed by atoms with E-state index >= 15 is 0 Å². The summed E-state index contributed by atoms with van der Waals surface area (Å²) < 4.78 is 22.9. The molecule has 1 N–H and O–H groups in total. The predicted octanol–water partition coefficient (Wildman–Crippen LogP) is 1.05. The Morgan fingerprint density at radius 1 is 1.53 bits per heavy atom. The van der Waals surface area contributed by atoms with Gasteiger partial charge in [-0.2, -0.15) is 11.8 Å². The molecular weight excluding hydrogens is 230 g/mol. The summed E-state index contributed by atoms with van der Waals surface area (Å²) in [5.41, 5.74) is 0. The monoisotopic (exact) mass is 249 g/mol. The van der Waals surface area contributed by atoms with Gasteiger partial charge in [0.25, 0.3) is 0 Å². The second-order valence-electron chi connectivity index (χ2n) is 4.88. The minimum absolute atomic E-state index is 0.202. The topological polar surface area (TPSA) is 46.2 Å². The molecular formula is C10H19NO2S2. The van der Waals surface area contributed by atoms with Crippen molar-refractivity contribution in [2.24, 2.45) is 0 Å². The number of hydrogen-bond donors (Lipinski definition) is 1. The van der Waals surface area contributed by atoms with Gasteiger partial charge in [-0.25, -0.2) is 8.42 Å². The van der Waals surface area contributed by atoms with Crippen LogP contribution < -0.4 is 5.32 Å². The fourth-order valence-corrected chi connectivity index (χ4v) is 5.26. The van der Waals surface area contributed by atoms with Crippen molar-refractivity contribution in [3.05, 3.63) is 0 Å². The zero-order valence-corrected chi connectivity index (χ0v) is 10.8. The van der Waals surface area contributed by atoms with Gasteiger partial charge in [-0.1, -0.05) is 0 Å². The highest BCUT2D eigenvalue weighted by atomic mass is 32.2. The van der Waals surface area contributed by atoms with Crippen LogP contribution in [0.25, 0.3) is 0 Å². The maximum Gasteiger partial charge on any atom is 0.151 e. The molecule has 0 spiro atoms. The van der Waals surface area contributed by atoms with Crippen molar-refractivity contribution in [3.8, 4) is 0 Å². The van der Waals surface area contributed by atoms with E-state index in [1.807, 2.05) is 11.8 Å². The lowest BCUT2D eigenvalue weighted by Crippen LogP contribution is -2.39. The lowest BCUT2D eigenvalue weighted by molar-refractivity contribution is 0.483. The molecule has 88 valence electrons. The highest BCUT2D eigenvalue weighted by Crippen LogP contribution is 2.37. The predicted molar refractivity (Wildman–Crippen MR) is 65.2 cm³/mol. The van der Waals surface area contributed by atoms with Crippen LogP contribution in [0.15, 0.2) is 0 Å². The minimum Gasteiger partial charge on any atom is -0.312 e. The first-order valence-corrected chi connectivity index (χ1v) is 8.38. The van der Waals surface area contributed by atoms with E-state index in [1.165, 1.54) is 18.6 Å². The molecule has 0 aromatic rings. The first-order valence-electron chi connectivity index (χ1n) is 5.57. The molecule has 0 saturated carbocycles. The quantitative estimate of drug-likeness (QED) is 0.812. The average molecular weight is 249 g/mol. The molecule has 2 fully saturated rings. The van der Waals surface area contributed by atoms with Crippen LogP contribution in [0.1, 0.15) is 26.2 Å². The molecule has 0 aliphatic carbocycles. The summed E-state index contributed by atoms with van der Waals surface area (Å²) in [4.78, 5) is 0. The second-order valence-corrected chi connectivity index (χ2v) is 8.79. The van der Waals surface area contributed by atoms with Gasteiger partial charge in [0.05, 0.1) is 11.5 Å². The Kier molecular flexibility index (Phi) is 3.33. The van der Waals surface area contributed by atoms with E-state index in [2.05, 4.69) is 12.2 Å². The smallest absolute Gasteiger partial charge is 0.151 e. The van der Waals surface area contributed by atoms with Crippen LogP contribution in [0.3, 0.4) is 0 Å². The third-order valence-electron chi connectivity index (χ3n) is 3.30. The van der Waals surface area contributed by atoms with Gasteiger partial charge in [0.1, 0.15) is 0 Å². The molecule has 0 bridgehead atoms. The summed E-state index contributed by atoms with van der Waals surface area (Å²) in [6.07, 6.45) is 3.35. The van der Waals surface area contributed by atoms with Gasteiger partial charge in [0, 0.05) is 17.3 Å². The summed E-state index contributed by atoms with van der Waals surface area (Å²) >= 11 is 2.02. The van der Waals surface area contributed by atoms with Crippen LogP contribution in [0.5, 0.6) is 0 Å². The van der Waals surface area contributed by atoms with Crippen LogP contribution in [-0.2, 0) is 9.84 Å². The van der Waals surface area contributed by atoms with Gasteiger partial charge in [-0.15, -0.1) is 0 Å². The van der Waals surface area contributed by atoms with Crippen LogP contribution in [0, 0.1) is 0 Å². The van der Waals surface area contributed by atoms with Crippen molar-refractivity contribution in [1.29, 1.82) is 0 Å². The zero-order chi connectivity index (χ0) is 10.9. The third kappa shape index (κ3) is 3.11. The van der Waals surface area contributed by atoms with Crippen molar-refractivity contribution in [3.63, 3.8) is 0 Å². The van der Waals surface area contributed by atoms with E-state index in [9.17, 15) is 8.42 Å². The number of hydrogen-bond acceptors (Lipinski definition) is 4. The molecule has 3 nitrogen and oxygen atoms in total. The Labute approximate surface area is 96.3 Å². The standard InChI is InChI=1S/C10H19NO2S2/c1-10(4-2-5-14-10)8-11-9-3-6-15(12,13)7-9/h9,11H,2-8H2,1H3. The molecule has 2 rings (SSSR count). The van der Waals surface area contributed by atoms with Gasteiger partial charge in [-0.3, -0.25) is 0 Å². The first-order chi connectivity index (χ1) is 6.99. The average Bonchev–Trinajstić information content (AvgIpc) is 2.70. The van der Waals surface area contributed by atoms with Crippen molar-refractivity contribution in [1.82, 2.24) is 5.32 Å². The maximum absolute atomic E-state index is 11.3. The van der Waals surface area contributed by atoms with E-state index in [4.69, 9.17) is 0 Å². The van der Waals surface area contributed by atoms with Crippen molar-refractivity contribution >= 4 is 21.6 Å². The van der Waals surface area contributed by atoms with Gasteiger partial charge in [0.15, 0.2) is 9.84 Å². The van der Waals surface area contributed by atoms with E-state index < -0.39 is 9.84 Å². The van der Waals surface area contributed by atoms with Crippen LogP contribution in [0.4, 0.5) is 0 Å². The van der Waals surface area contributed by atoms with E-state index in [0.717, 1.165) is 13.0 Å². The Morgan fingerprint density at radius 2 is 2.33 bits per heavy atom. The lowest BCUT2D eigenvalue weighted by Gasteiger charge is -2.25. The molecule has 2 aliphatic heterocycles. The first kappa shape index (κ1) is 11.7. The van der Waals surface area contributed by atoms with E-state index in [1.54, 1.807) is 0 Å². The largest absolute Gasteiger partial charge is 0.312 e. The Hall–Kier alpha value is 0.260. The van der Waals surface area contributed by atoms with Gasteiger partial charge >= 0.3 is 0 Å². The third-order valence-corrected chi connectivity index (χ3v) is 6.60. The molecule has 2 heterocycles. The van der Waals surface area contributed by atoms with Crippen molar-refractivity contribution < 1.29 is 8.42 Å². The highest BCUT2D eigenvalue weighted by molar-refractivity contribution is 8.00. The SMILES string of the molecule is CC1(CNC2CCS(=O)(=O)C2)CCCS1. The number of rotatable bonds is 3. The van der Waals surface area contributed by atoms with Crippen molar-refractivity contribution in [2.75, 3.05) is 23.8 Å². The Bertz CT molecular complexity index is 320. The van der Waals surface area contributed by atoms with Gasteiger partial charge in [-0.05, 0) is 31.9 Å². The number of thioether (sulfide) groups is 1. The van der Waals surface area contributed by atoms with Crippen LogP contribution in [-0.4, -0.2) is 43.0 Å². The van der Waals surface area contributed by atoms with E-state index in [-0.39, 0.29) is 6.04 Å². The number of sulfone groups is 1. The van der Waals surface area contributed by atoms with Crippen LogP contribution >= 0.6 is 11.8 Å². The zero-order valence-electron chi connectivity index (χ0n) is 9.16. The normalized spacial score (nSPS) is 39.7. The fourth-order valence-electron chi connectivity index (χ4n) is 2.29. The fraction of sp³-hybridized carbons (Fsp3) is 1.00. The molecule has 2 unspecified atom stereocenters. The van der Waals surface area contributed by atoms with E-state index in [0.29, 0.717) is 16.3 Å². The lowest BCUT2D eigenvalue weighted by atomic mass is 10.1.